The maximum atomic E-state index is 11.2. The third kappa shape index (κ3) is 2.81. The summed E-state index contributed by atoms with van der Waals surface area (Å²) in [5, 5.41) is 2.60. The van der Waals surface area contributed by atoms with Crippen LogP contribution in [0.15, 0.2) is 42.6 Å². The lowest BCUT2D eigenvalue weighted by molar-refractivity contribution is 0.187. The number of aryl methyl sites for hydroxylation is 1. The van der Waals surface area contributed by atoms with E-state index in [0.717, 1.165) is 25.2 Å². The normalized spacial score (nSPS) is 13.5. The zero-order valence-electron chi connectivity index (χ0n) is 11.9. The van der Waals surface area contributed by atoms with Gasteiger partial charge in [0.05, 0.1) is 19.0 Å². The quantitative estimate of drug-likeness (QED) is 0.918. The monoisotopic (exact) mass is 283 g/mol. The number of anilines is 3. The van der Waals surface area contributed by atoms with Crippen LogP contribution in [0.1, 0.15) is 12.0 Å². The zero-order valence-corrected chi connectivity index (χ0v) is 11.9. The standard InChI is InChI=1S/C16H17N3O2/c1-21-16(20)18-13-8-9-15(17-11-13)19-10-4-6-12-5-2-3-7-14(12)19/h2-3,5,7-9,11H,4,6,10H2,1H3,(H,18,20). The molecule has 1 aliphatic heterocycles. The third-order valence-corrected chi connectivity index (χ3v) is 3.57. The Kier molecular flexibility index (Phi) is 3.73. The molecule has 2 heterocycles. The number of methoxy groups -OCH3 is 1. The van der Waals surface area contributed by atoms with Gasteiger partial charge in [-0.2, -0.15) is 0 Å². The summed E-state index contributed by atoms with van der Waals surface area (Å²) >= 11 is 0. The molecule has 3 rings (SSSR count). The van der Waals surface area contributed by atoms with Crippen molar-refractivity contribution in [2.24, 2.45) is 0 Å². The lowest BCUT2D eigenvalue weighted by atomic mass is 10.0. The van der Waals surface area contributed by atoms with Crippen molar-refractivity contribution in [1.29, 1.82) is 0 Å². The number of amides is 1. The fourth-order valence-electron chi connectivity index (χ4n) is 2.56. The van der Waals surface area contributed by atoms with Crippen LogP contribution in [-0.4, -0.2) is 24.7 Å². The summed E-state index contributed by atoms with van der Waals surface area (Å²) < 4.78 is 4.56. The molecular formula is C16H17N3O2. The Morgan fingerprint density at radius 1 is 1.29 bits per heavy atom. The number of hydrogen-bond donors (Lipinski definition) is 1. The molecule has 1 aromatic carbocycles. The molecule has 1 amide bonds. The number of pyridine rings is 1. The molecule has 0 bridgehead atoms. The summed E-state index contributed by atoms with van der Waals surface area (Å²) in [6.45, 7) is 0.952. The van der Waals surface area contributed by atoms with Crippen LogP contribution in [0, 0.1) is 0 Å². The van der Waals surface area contributed by atoms with Gasteiger partial charge >= 0.3 is 6.09 Å². The maximum absolute atomic E-state index is 11.2. The van der Waals surface area contributed by atoms with Gasteiger partial charge in [0, 0.05) is 12.2 Å². The topological polar surface area (TPSA) is 54.5 Å². The zero-order chi connectivity index (χ0) is 14.7. The third-order valence-electron chi connectivity index (χ3n) is 3.57. The van der Waals surface area contributed by atoms with Crippen LogP contribution < -0.4 is 10.2 Å². The number of para-hydroxylation sites is 1. The number of carbonyl (C=O) groups is 1. The highest BCUT2D eigenvalue weighted by atomic mass is 16.5. The van der Waals surface area contributed by atoms with E-state index >= 15 is 0 Å². The fourth-order valence-corrected chi connectivity index (χ4v) is 2.56. The maximum Gasteiger partial charge on any atom is 0.411 e. The molecule has 1 N–H and O–H groups in total. The van der Waals surface area contributed by atoms with Gasteiger partial charge in [-0.05, 0) is 36.6 Å². The Hall–Kier alpha value is -2.56. The second kappa shape index (κ2) is 5.83. The van der Waals surface area contributed by atoms with E-state index in [0.29, 0.717) is 5.69 Å². The number of carbonyl (C=O) groups excluding carboxylic acids is 1. The first kappa shape index (κ1) is 13.4. The van der Waals surface area contributed by atoms with Crippen LogP contribution in [0.3, 0.4) is 0 Å². The number of nitrogens with zero attached hydrogens (tertiary/aromatic N) is 2. The van der Waals surface area contributed by atoms with E-state index in [1.165, 1.54) is 18.4 Å². The molecule has 0 fully saturated rings. The van der Waals surface area contributed by atoms with Crippen LogP contribution in [0.25, 0.3) is 0 Å². The van der Waals surface area contributed by atoms with Gasteiger partial charge in [-0.3, -0.25) is 5.32 Å². The van der Waals surface area contributed by atoms with Crippen molar-refractivity contribution in [3.05, 3.63) is 48.2 Å². The molecule has 1 aliphatic rings. The number of fused-ring (bicyclic) bond motifs is 1. The average molecular weight is 283 g/mol. The first-order valence-corrected chi connectivity index (χ1v) is 6.94. The highest BCUT2D eigenvalue weighted by Gasteiger charge is 2.18. The largest absolute Gasteiger partial charge is 0.453 e. The molecule has 0 aliphatic carbocycles. The SMILES string of the molecule is COC(=O)Nc1ccc(N2CCCc3ccccc32)nc1. The number of benzene rings is 1. The lowest BCUT2D eigenvalue weighted by Gasteiger charge is -2.30. The van der Waals surface area contributed by atoms with Crippen molar-refractivity contribution >= 4 is 23.3 Å². The lowest BCUT2D eigenvalue weighted by Crippen LogP contribution is -2.25. The van der Waals surface area contributed by atoms with Crippen LogP contribution in [0.5, 0.6) is 0 Å². The van der Waals surface area contributed by atoms with Crippen LogP contribution >= 0.6 is 0 Å². The van der Waals surface area contributed by atoms with E-state index in [2.05, 4.69) is 38.1 Å². The van der Waals surface area contributed by atoms with Gasteiger partial charge in [-0.1, -0.05) is 18.2 Å². The van der Waals surface area contributed by atoms with Crippen molar-refractivity contribution < 1.29 is 9.53 Å². The summed E-state index contributed by atoms with van der Waals surface area (Å²) in [4.78, 5) is 17.8. The Bertz CT molecular complexity index is 640. The molecular weight excluding hydrogens is 266 g/mol. The van der Waals surface area contributed by atoms with Crippen molar-refractivity contribution in [3.63, 3.8) is 0 Å². The van der Waals surface area contributed by atoms with E-state index in [-0.39, 0.29) is 0 Å². The van der Waals surface area contributed by atoms with Crippen molar-refractivity contribution in [1.82, 2.24) is 4.98 Å². The Morgan fingerprint density at radius 2 is 2.14 bits per heavy atom. The Labute approximate surface area is 123 Å². The Morgan fingerprint density at radius 3 is 2.90 bits per heavy atom. The van der Waals surface area contributed by atoms with Gasteiger partial charge in [0.1, 0.15) is 5.82 Å². The van der Waals surface area contributed by atoms with Gasteiger partial charge in [-0.15, -0.1) is 0 Å². The predicted molar refractivity (Wildman–Crippen MR) is 82.0 cm³/mol. The molecule has 5 heteroatoms. The summed E-state index contributed by atoms with van der Waals surface area (Å²) in [6.07, 6.45) is 3.37. The molecule has 0 saturated carbocycles. The predicted octanol–water partition coefficient (Wildman–Crippen LogP) is 3.34. The molecule has 0 spiro atoms. The van der Waals surface area contributed by atoms with Crippen molar-refractivity contribution in [2.45, 2.75) is 12.8 Å². The number of hydrogen-bond acceptors (Lipinski definition) is 4. The number of nitrogens with one attached hydrogen (secondary N) is 1. The van der Waals surface area contributed by atoms with Crippen LogP contribution in [0.2, 0.25) is 0 Å². The molecule has 0 unspecified atom stereocenters. The first-order chi connectivity index (χ1) is 10.3. The summed E-state index contributed by atoms with van der Waals surface area (Å²) in [5.41, 5.74) is 3.18. The highest BCUT2D eigenvalue weighted by Crippen LogP contribution is 2.32. The van der Waals surface area contributed by atoms with Gasteiger partial charge < -0.3 is 9.64 Å². The second-order valence-electron chi connectivity index (χ2n) is 4.91. The summed E-state index contributed by atoms with van der Waals surface area (Å²) in [6, 6.07) is 12.1. The fraction of sp³-hybridized carbons (Fsp3) is 0.250. The molecule has 0 radical (unpaired) electrons. The Balaban J connectivity index is 1.83. The van der Waals surface area contributed by atoms with Crippen molar-refractivity contribution in [2.75, 3.05) is 23.9 Å². The van der Waals surface area contributed by atoms with Crippen LogP contribution in [-0.2, 0) is 11.2 Å². The molecule has 1 aromatic heterocycles. The van der Waals surface area contributed by atoms with Crippen molar-refractivity contribution in [3.8, 4) is 0 Å². The van der Waals surface area contributed by atoms with Gasteiger partial charge in [0.25, 0.3) is 0 Å². The van der Waals surface area contributed by atoms with Gasteiger partial charge in [0.2, 0.25) is 0 Å². The highest BCUT2D eigenvalue weighted by molar-refractivity contribution is 5.84. The molecule has 108 valence electrons. The number of aromatic nitrogens is 1. The van der Waals surface area contributed by atoms with E-state index in [1.54, 1.807) is 6.20 Å². The summed E-state index contributed by atoms with van der Waals surface area (Å²) in [7, 11) is 1.34. The number of rotatable bonds is 2. The second-order valence-corrected chi connectivity index (χ2v) is 4.91. The summed E-state index contributed by atoms with van der Waals surface area (Å²) in [5.74, 6) is 0.887. The minimum Gasteiger partial charge on any atom is -0.453 e. The van der Waals surface area contributed by atoms with E-state index < -0.39 is 6.09 Å². The first-order valence-electron chi connectivity index (χ1n) is 6.94. The molecule has 0 atom stereocenters. The molecule has 21 heavy (non-hydrogen) atoms. The average Bonchev–Trinajstić information content (AvgIpc) is 2.55. The minimum absolute atomic E-state index is 0.493. The minimum atomic E-state index is -0.493. The van der Waals surface area contributed by atoms with E-state index in [1.807, 2.05) is 18.2 Å². The van der Waals surface area contributed by atoms with Crippen LogP contribution in [0.4, 0.5) is 22.0 Å². The number of ether oxygens (including phenoxy) is 1. The molecule has 5 nitrogen and oxygen atoms in total. The smallest absolute Gasteiger partial charge is 0.411 e. The molecule has 0 saturated heterocycles. The van der Waals surface area contributed by atoms with E-state index in [4.69, 9.17) is 0 Å². The van der Waals surface area contributed by atoms with Gasteiger partial charge in [0.15, 0.2) is 0 Å². The van der Waals surface area contributed by atoms with E-state index in [9.17, 15) is 4.79 Å². The van der Waals surface area contributed by atoms with Gasteiger partial charge in [-0.25, -0.2) is 9.78 Å². The molecule has 2 aromatic rings.